The van der Waals surface area contributed by atoms with Crippen molar-refractivity contribution in [3.05, 3.63) is 48.8 Å². The maximum absolute atomic E-state index is 6.18. The second-order valence-corrected chi connectivity index (χ2v) is 7.05. The smallest absolute Gasteiger partial charge is 0.138 e. The monoisotopic (exact) mass is 319 g/mol. The summed E-state index contributed by atoms with van der Waals surface area (Å²) in [6.07, 6.45) is 6.66. The van der Waals surface area contributed by atoms with E-state index >= 15 is 0 Å². The minimum atomic E-state index is 0.315. The Morgan fingerprint density at radius 3 is 3.00 bits per heavy atom. The third-order valence-corrected chi connectivity index (χ3v) is 5.32. The molecule has 2 bridgehead atoms. The molecular weight excluding hydrogens is 298 g/mol. The summed E-state index contributed by atoms with van der Waals surface area (Å²) in [5.74, 6) is 1.71. The van der Waals surface area contributed by atoms with Crippen molar-refractivity contribution in [2.45, 2.75) is 18.9 Å². The van der Waals surface area contributed by atoms with Gasteiger partial charge in [0.15, 0.2) is 0 Å². The molecule has 2 aliphatic rings. The van der Waals surface area contributed by atoms with E-state index in [-0.39, 0.29) is 0 Å². The van der Waals surface area contributed by atoms with Crippen molar-refractivity contribution >= 4 is 10.9 Å². The molecule has 0 aliphatic carbocycles. The van der Waals surface area contributed by atoms with E-state index in [1.54, 1.807) is 0 Å². The number of aromatic amines is 1. The summed E-state index contributed by atoms with van der Waals surface area (Å²) in [5.41, 5.74) is 3.27. The highest BCUT2D eigenvalue weighted by Gasteiger charge is 2.33. The minimum absolute atomic E-state index is 0.315. The normalized spacial score (nSPS) is 25.9. The van der Waals surface area contributed by atoms with Crippen LogP contribution >= 0.6 is 0 Å². The van der Waals surface area contributed by atoms with Crippen molar-refractivity contribution in [2.75, 3.05) is 19.6 Å². The van der Waals surface area contributed by atoms with Crippen molar-refractivity contribution < 1.29 is 4.74 Å². The fourth-order valence-corrected chi connectivity index (χ4v) is 4.12. The third kappa shape index (κ3) is 2.57. The largest absolute Gasteiger partial charge is 0.487 e. The molecule has 3 atom stereocenters. The Balaban J connectivity index is 1.33. The molecule has 0 radical (unpaired) electrons. The van der Waals surface area contributed by atoms with Crippen LogP contribution in [0.1, 0.15) is 12.8 Å². The van der Waals surface area contributed by atoms with Crippen LogP contribution in [0.15, 0.2) is 48.8 Å². The van der Waals surface area contributed by atoms with Gasteiger partial charge in [0.25, 0.3) is 0 Å². The van der Waals surface area contributed by atoms with E-state index in [1.165, 1.54) is 31.3 Å². The molecule has 1 aromatic carbocycles. The summed E-state index contributed by atoms with van der Waals surface area (Å²) in [7, 11) is 0. The molecule has 4 heteroatoms. The number of nitrogens with zero attached hydrogens (tertiary/aromatic N) is 2. The van der Waals surface area contributed by atoms with Crippen LogP contribution in [-0.4, -0.2) is 40.6 Å². The lowest BCUT2D eigenvalue weighted by molar-refractivity contribution is 0.0976. The van der Waals surface area contributed by atoms with E-state index in [0.29, 0.717) is 6.10 Å². The Kier molecular flexibility index (Phi) is 3.30. The Bertz CT molecular complexity index is 843. The topological polar surface area (TPSA) is 41.1 Å². The summed E-state index contributed by atoms with van der Waals surface area (Å²) in [4.78, 5) is 10.4. The Labute approximate surface area is 141 Å². The number of rotatable bonds is 3. The maximum atomic E-state index is 6.18. The fourth-order valence-electron chi connectivity index (χ4n) is 4.12. The number of hydrogen-bond acceptors (Lipinski definition) is 3. The van der Waals surface area contributed by atoms with E-state index in [1.807, 2.05) is 12.4 Å². The van der Waals surface area contributed by atoms with E-state index in [0.717, 1.165) is 35.0 Å². The number of benzene rings is 1. The predicted molar refractivity (Wildman–Crippen MR) is 95.1 cm³/mol. The standard InChI is InChI=1S/C20H21N3O/c1-3-19-16(5-7-21-19)10-15(1)20-4-2-17(11-22-20)24-18-9-14-6-8-23(12-14)13-18/h1-5,7,10-11,14,18,21H,6,8-9,12-13H2. The fraction of sp³-hybridized carbons (Fsp3) is 0.350. The zero-order chi connectivity index (χ0) is 15.9. The zero-order valence-electron chi connectivity index (χ0n) is 13.6. The van der Waals surface area contributed by atoms with Gasteiger partial charge in [-0.2, -0.15) is 0 Å². The predicted octanol–water partition coefficient (Wildman–Crippen LogP) is 3.70. The highest BCUT2D eigenvalue weighted by molar-refractivity contribution is 5.84. The van der Waals surface area contributed by atoms with E-state index in [2.05, 4.69) is 51.3 Å². The number of pyridine rings is 1. The number of piperidine rings is 1. The molecule has 0 spiro atoms. The second kappa shape index (κ2) is 5.64. The first kappa shape index (κ1) is 14.1. The summed E-state index contributed by atoms with van der Waals surface area (Å²) in [5, 5.41) is 1.21. The zero-order valence-corrected chi connectivity index (χ0v) is 13.6. The van der Waals surface area contributed by atoms with Gasteiger partial charge in [0, 0.05) is 35.8 Å². The van der Waals surface area contributed by atoms with Gasteiger partial charge in [0.1, 0.15) is 11.9 Å². The molecule has 5 rings (SSSR count). The first-order valence-electron chi connectivity index (χ1n) is 8.76. The maximum Gasteiger partial charge on any atom is 0.138 e. The molecule has 122 valence electrons. The molecule has 0 amide bonds. The molecule has 3 aromatic rings. The number of ether oxygens (including phenoxy) is 1. The number of nitrogens with one attached hydrogen (secondary N) is 1. The van der Waals surface area contributed by atoms with Gasteiger partial charge in [-0.15, -0.1) is 0 Å². The van der Waals surface area contributed by atoms with Gasteiger partial charge in [-0.05, 0) is 55.6 Å². The molecule has 2 aliphatic heterocycles. The Hall–Kier alpha value is -2.33. The van der Waals surface area contributed by atoms with E-state index in [9.17, 15) is 0 Å². The lowest BCUT2D eigenvalue weighted by Gasteiger charge is -2.30. The summed E-state index contributed by atoms with van der Waals surface area (Å²) in [6.45, 7) is 3.56. The number of hydrogen-bond donors (Lipinski definition) is 1. The highest BCUT2D eigenvalue weighted by atomic mass is 16.5. The molecular formula is C20H21N3O. The molecule has 24 heavy (non-hydrogen) atoms. The van der Waals surface area contributed by atoms with Crippen LogP contribution < -0.4 is 4.74 Å². The Morgan fingerprint density at radius 2 is 2.12 bits per heavy atom. The van der Waals surface area contributed by atoms with Crippen LogP contribution in [0, 0.1) is 5.92 Å². The summed E-state index contributed by atoms with van der Waals surface area (Å²) in [6, 6.07) is 12.6. The van der Waals surface area contributed by atoms with Gasteiger partial charge in [-0.1, -0.05) is 6.07 Å². The molecule has 1 N–H and O–H groups in total. The van der Waals surface area contributed by atoms with Crippen LogP contribution in [0.25, 0.3) is 22.2 Å². The third-order valence-electron chi connectivity index (χ3n) is 5.32. The molecule has 2 fully saturated rings. The van der Waals surface area contributed by atoms with Crippen molar-refractivity contribution in [1.29, 1.82) is 0 Å². The first-order valence-corrected chi connectivity index (χ1v) is 8.76. The molecule has 2 aromatic heterocycles. The Morgan fingerprint density at radius 1 is 1.12 bits per heavy atom. The second-order valence-electron chi connectivity index (χ2n) is 7.05. The van der Waals surface area contributed by atoms with Crippen molar-refractivity contribution in [2.24, 2.45) is 5.92 Å². The highest BCUT2D eigenvalue weighted by Crippen LogP contribution is 2.30. The van der Waals surface area contributed by atoms with Gasteiger partial charge in [0.2, 0.25) is 0 Å². The molecule has 4 nitrogen and oxygen atoms in total. The van der Waals surface area contributed by atoms with Gasteiger partial charge in [0.05, 0.1) is 11.9 Å². The van der Waals surface area contributed by atoms with Crippen molar-refractivity contribution in [3.8, 4) is 17.0 Å². The first-order chi connectivity index (χ1) is 11.8. The molecule has 2 saturated heterocycles. The van der Waals surface area contributed by atoms with E-state index < -0.39 is 0 Å². The van der Waals surface area contributed by atoms with Crippen LogP contribution in [0.5, 0.6) is 5.75 Å². The summed E-state index contributed by atoms with van der Waals surface area (Å²) < 4.78 is 6.18. The average molecular weight is 319 g/mol. The lowest BCUT2D eigenvalue weighted by Crippen LogP contribution is -2.39. The van der Waals surface area contributed by atoms with Gasteiger partial charge >= 0.3 is 0 Å². The van der Waals surface area contributed by atoms with Crippen molar-refractivity contribution in [1.82, 2.24) is 14.9 Å². The number of fused-ring (bicyclic) bond motifs is 3. The van der Waals surface area contributed by atoms with Gasteiger partial charge in [-0.3, -0.25) is 9.88 Å². The minimum Gasteiger partial charge on any atom is -0.487 e. The van der Waals surface area contributed by atoms with Gasteiger partial charge < -0.3 is 9.72 Å². The SMILES string of the molecule is c1cc2cc(-c3ccc(OC4CC5CCN(C5)C4)cn3)ccc2[nH]1. The quantitative estimate of drug-likeness (QED) is 0.800. The lowest BCUT2D eigenvalue weighted by atomic mass is 9.99. The summed E-state index contributed by atoms with van der Waals surface area (Å²) >= 11 is 0. The van der Waals surface area contributed by atoms with Crippen LogP contribution in [0.2, 0.25) is 0 Å². The van der Waals surface area contributed by atoms with Gasteiger partial charge in [-0.25, -0.2) is 0 Å². The molecule has 3 unspecified atom stereocenters. The molecule has 0 saturated carbocycles. The number of H-pyrrole nitrogens is 1. The average Bonchev–Trinajstić information content (AvgIpc) is 3.21. The molecule has 4 heterocycles. The van der Waals surface area contributed by atoms with Crippen LogP contribution in [-0.2, 0) is 0 Å². The van der Waals surface area contributed by atoms with Crippen LogP contribution in [0.3, 0.4) is 0 Å². The van der Waals surface area contributed by atoms with E-state index in [4.69, 9.17) is 4.74 Å². The van der Waals surface area contributed by atoms with Crippen molar-refractivity contribution in [3.63, 3.8) is 0 Å². The number of aromatic nitrogens is 2. The van der Waals surface area contributed by atoms with Crippen LogP contribution in [0.4, 0.5) is 0 Å².